The number of carbonyl (C=O) groups excluding carboxylic acids is 1. The van der Waals surface area contributed by atoms with E-state index in [2.05, 4.69) is 69.5 Å². The monoisotopic (exact) mass is 492 g/mol. The fraction of sp³-hybridized carbons (Fsp3) is 0.481. The van der Waals surface area contributed by atoms with E-state index in [0.717, 1.165) is 47.3 Å². The molecule has 1 aromatic carbocycles. The molecule has 0 aliphatic heterocycles. The summed E-state index contributed by atoms with van der Waals surface area (Å²) >= 11 is 1.66. The van der Waals surface area contributed by atoms with Crippen LogP contribution in [0.25, 0.3) is 6.08 Å². The van der Waals surface area contributed by atoms with Crippen LogP contribution in [-0.2, 0) is 17.8 Å². The minimum absolute atomic E-state index is 0.0860. The second-order valence-electron chi connectivity index (χ2n) is 9.37. The molecule has 8 heteroatoms. The van der Waals surface area contributed by atoms with Gasteiger partial charge in [-0.3, -0.25) is 9.48 Å². The van der Waals surface area contributed by atoms with Crippen molar-refractivity contribution < 1.29 is 4.79 Å². The zero-order chi connectivity index (χ0) is 24.8. The molecular formula is C27H36N6OS. The summed E-state index contributed by atoms with van der Waals surface area (Å²) in [6.45, 7) is 7.45. The van der Waals surface area contributed by atoms with Gasteiger partial charge in [0.05, 0.1) is 12.2 Å². The van der Waals surface area contributed by atoms with Gasteiger partial charge >= 0.3 is 0 Å². The van der Waals surface area contributed by atoms with Crippen molar-refractivity contribution in [2.75, 3.05) is 12.8 Å². The number of aryl methyl sites for hydroxylation is 3. The highest BCUT2D eigenvalue weighted by Crippen LogP contribution is 2.33. The van der Waals surface area contributed by atoms with E-state index < -0.39 is 0 Å². The zero-order valence-electron chi connectivity index (χ0n) is 21.3. The summed E-state index contributed by atoms with van der Waals surface area (Å²) in [6, 6.07) is 9.02. The van der Waals surface area contributed by atoms with Crippen molar-refractivity contribution in [1.82, 2.24) is 29.9 Å². The molecule has 1 aliphatic rings. The molecule has 0 bridgehead atoms. The highest BCUT2D eigenvalue weighted by molar-refractivity contribution is 7.98. The Hall–Kier alpha value is -2.87. The summed E-state index contributed by atoms with van der Waals surface area (Å²) in [4.78, 5) is 12.4. The van der Waals surface area contributed by atoms with Gasteiger partial charge in [-0.15, -0.1) is 10.2 Å². The van der Waals surface area contributed by atoms with Crippen LogP contribution in [0, 0.1) is 20.8 Å². The number of carbonyl (C=O) groups is 1. The van der Waals surface area contributed by atoms with Crippen LogP contribution in [0.15, 0.2) is 35.5 Å². The summed E-state index contributed by atoms with van der Waals surface area (Å²) in [7, 11) is 0. The largest absolute Gasteiger partial charge is 0.353 e. The van der Waals surface area contributed by atoms with Gasteiger partial charge in [0.1, 0.15) is 5.82 Å². The number of amides is 1. The van der Waals surface area contributed by atoms with E-state index in [4.69, 9.17) is 0 Å². The number of aromatic nitrogens is 5. The SMILES string of the molecule is CSc1nnc(CCCNC(=O)/C=C/c2c(C)nn(Cc3ccc(C)cc3)c2C)n1C1CCCC1. The predicted octanol–water partition coefficient (Wildman–Crippen LogP) is 5.05. The van der Waals surface area contributed by atoms with Crippen LogP contribution in [-0.4, -0.2) is 43.3 Å². The molecule has 0 radical (unpaired) electrons. The first-order chi connectivity index (χ1) is 17.0. The highest BCUT2D eigenvalue weighted by Gasteiger charge is 2.23. The van der Waals surface area contributed by atoms with Crippen LogP contribution >= 0.6 is 11.8 Å². The molecule has 0 unspecified atom stereocenters. The van der Waals surface area contributed by atoms with Crippen LogP contribution in [0.2, 0.25) is 0 Å². The van der Waals surface area contributed by atoms with Crippen LogP contribution in [0.5, 0.6) is 0 Å². The van der Waals surface area contributed by atoms with Crippen molar-refractivity contribution >= 4 is 23.7 Å². The van der Waals surface area contributed by atoms with Gasteiger partial charge in [0.2, 0.25) is 5.91 Å². The number of thioether (sulfide) groups is 1. The molecule has 2 aromatic heterocycles. The first-order valence-electron chi connectivity index (χ1n) is 12.5. The van der Waals surface area contributed by atoms with Gasteiger partial charge in [-0.05, 0) is 57.9 Å². The molecule has 0 atom stereocenters. The maximum absolute atomic E-state index is 12.4. The summed E-state index contributed by atoms with van der Waals surface area (Å²) in [6.07, 6.45) is 12.2. The Labute approximate surface area is 212 Å². The van der Waals surface area contributed by atoms with Crippen LogP contribution < -0.4 is 5.32 Å². The van der Waals surface area contributed by atoms with Crippen molar-refractivity contribution in [3.63, 3.8) is 0 Å². The molecule has 186 valence electrons. The Bertz CT molecular complexity index is 1170. The normalized spacial score (nSPS) is 14.3. The average Bonchev–Trinajstić information content (AvgIpc) is 3.57. The highest BCUT2D eigenvalue weighted by atomic mass is 32.2. The van der Waals surface area contributed by atoms with E-state index in [1.54, 1.807) is 17.8 Å². The topological polar surface area (TPSA) is 77.6 Å². The van der Waals surface area contributed by atoms with Gasteiger partial charge in [0.25, 0.3) is 0 Å². The number of hydrogen-bond acceptors (Lipinski definition) is 5. The maximum Gasteiger partial charge on any atom is 0.244 e. The smallest absolute Gasteiger partial charge is 0.244 e. The van der Waals surface area contributed by atoms with Crippen molar-refractivity contribution in [3.05, 3.63) is 64.2 Å². The molecule has 1 N–H and O–H groups in total. The Kier molecular flexibility index (Phi) is 8.44. The Balaban J connectivity index is 1.29. The van der Waals surface area contributed by atoms with Gasteiger partial charge in [-0.2, -0.15) is 5.10 Å². The second kappa shape index (κ2) is 11.7. The van der Waals surface area contributed by atoms with Gasteiger partial charge in [0.15, 0.2) is 5.16 Å². The van der Waals surface area contributed by atoms with E-state index in [1.807, 2.05) is 17.7 Å². The third-order valence-electron chi connectivity index (χ3n) is 6.78. The minimum atomic E-state index is -0.0860. The van der Waals surface area contributed by atoms with Crippen molar-refractivity contribution in [3.8, 4) is 0 Å². The lowest BCUT2D eigenvalue weighted by atomic mass is 10.1. The fourth-order valence-electron chi connectivity index (χ4n) is 4.79. The molecule has 3 aromatic rings. The van der Waals surface area contributed by atoms with Crippen LogP contribution in [0.1, 0.15) is 72.0 Å². The number of rotatable bonds is 10. The summed E-state index contributed by atoms with van der Waals surface area (Å²) < 4.78 is 4.33. The lowest BCUT2D eigenvalue weighted by Crippen LogP contribution is -2.23. The first-order valence-corrected chi connectivity index (χ1v) is 13.7. The Morgan fingerprint density at radius 1 is 1.14 bits per heavy atom. The third kappa shape index (κ3) is 6.23. The number of nitrogens with zero attached hydrogens (tertiary/aromatic N) is 5. The van der Waals surface area contributed by atoms with Gasteiger partial charge < -0.3 is 9.88 Å². The molecule has 0 saturated heterocycles. The van der Waals surface area contributed by atoms with E-state index in [1.165, 1.54) is 36.8 Å². The van der Waals surface area contributed by atoms with E-state index in [0.29, 0.717) is 12.6 Å². The molecule has 1 amide bonds. The summed E-state index contributed by atoms with van der Waals surface area (Å²) in [5.41, 5.74) is 5.44. The summed E-state index contributed by atoms with van der Waals surface area (Å²) in [5.74, 6) is 0.954. The van der Waals surface area contributed by atoms with Crippen molar-refractivity contribution in [2.45, 2.75) is 77.0 Å². The van der Waals surface area contributed by atoms with Gasteiger partial charge in [-0.25, -0.2) is 0 Å². The standard InChI is InChI=1S/C27H36N6OS/c1-19-11-13-22(14-12-19)18-32-21(3)24(20(2)31-32)15-16-26(34)28-17-7-10-25-29-30-27(35-4)33(25)23-8-5-6-9-23/h11-16,23H,5-10,17-18H2,1-4H3,(H,28,34)/b16-15+. The van der Waals surface area contributed by atoms with Crippen molar-refractivity contribution in [1.29, 1.82) is 0 Å². The van der Waals surface area contributed by atoms with E-state index in [9.17, 15) is 4.79 Å². The number of nitrogens with one attached hydrogen (secondary N) is 1. The molecule has 1 aliphatic carbocycles. The molecule has 7 nitrogen and oxygen atoms in total. The summed E-state index contributed by atoms with van der Waals surface area (Å²) in [5, 5.41) is 17.5. The molecule has 1 saturated carbocycles. The fourth-order valence-corrected chi connectivity index (χ4v) is 5.37. The Morgan fingerprint density at radius 2 is 1.89 bits per heavy atom. The quantitative estimate of drug-likeness (QED) is 0.244. The number of hydrogen-bond donors (Lipinski definition) is 1. The first kappa shape index (κ1) is 25.2. The molecule has 35 heavy (non-hydrogen) atoms. The van der Waals surface area contributed by atoms with Crippen molar-refractivity contribution in [2.24, 2.45) is 0 Å². The van der Waals surface area contributed by atoms with E-state index in [-0.39, 0.29) is 5.91 Å². The zero-order valence-corrected chi connectivity index (χ0v) is 22.1. The molecule has 2 heterocycles. The van der Waals surface area contributed by atoms with Gasteiger partial charge in [-0.1, -0.05) is 54.4 Å². The lowest BCUT2D eigenvalue weighted by Gasteiger charge is -2.16. The Morgan fingerprint density at radius 3 is 2.60 bits per heavy atom. The molecule has 4 rings (SSSR count). The lowest BCUT2D eigenvalue weighted by molar-refractivity contribution is -0.116. The van der Waals surface area contributed by atoms with Gasteiger partial charge in [0, 0.05) is 36.3 Å². The van der Waals surface area contributed by atoms with Crippen LogP contribution in [0.3, 0.4) is 0 Å². The maximum atomic E-state index is 12.4. The second-order valence-corrected chi connectivity index (χ2v) is 10.1. The molecular weight excluding hydrogens is 456 g/mol. The minimum Gasteiger partial charge on any atom is -0.353 e. The third-order valence-corrected chi connectivity index (χ3v) is 7.42. The molecule has 0 spiro atoms. The average molecular weight is 493 g/mol. The van der Waals surface area contributed by atoms with E-state index >= 15 is 0 Å². The number of benzene rings is 1. The van der Waals surface area contributed by atoms with Crippen LogP contribution in [0.4, 0.5) is 0 Å². The predicted molar refractivity (Wildman–Crippen MR) is 142 cm³/mol. The molecule has 1 fully saturated rings.